The zero-order chi connectivity index (χ0) is 10.7. The normalized spacial score (nSPS) is 5.36. The van der Waals surface area contributed by atoms with Crippen LogP contribution in [0.15, 0.2) is 0 Å². The van der Waals surface area contributed by atoms with Crippen LogP contribution in [0.1, 0.15) is 20.8 Å². The van der Waals surface area contributed by atoms with E-state index < -0.39 is 17.9 Å². The van der Waals surface area contributed by atoms with E-state index in [1.807, 2.05) is 0 Å². The Labute approximate surface area is 97.8 Å². The minimum absolute atomic E-state index is 0. The van der Waals surface area contributed by atoms with E-state index >= 15 is 0 Å². The third-order valence-corrected chi connectivity index (χ3v) is 0. The van der Waals surface area contributed by atoms with Gasteiger partial charge < -0.3 is 22.7 Å². The van der Waals surface area contributed by atoms with Gasteiger partial charge in [0.2, 0.25) is 0 Å². The summed E-state index contributed by atoms with van der Waals surface area (Å²) in [5, 5.41) is 22.2. The van der Waals surface area contributed by atoms with Gasteiger partial charge in [-0.15, -0.1) is 0 Å². The van der Waals surface area contributed by atoms with Crippen LogP contribution in [-0.4, -0.2) is 33.2 Å². The molecule has 0 saturated heterocycles. The Morgan fingerprint density at radius 2 is 0.714 bits per heavy atom. The zero-order valence-corrected chi connectivity index (χ0v) is 10.1. The molecule has 0 rings (SSSR count). The molecule has 0 unspecified atom stereocenters. The molecule has 0 atom stereocenters. The SMILES string of the molecule is CC(=O)O.CC(=O)O.CC(=O)O.[CH3-].[Ti]. The van der Waals surface area contributed by atoms with Crippen LogP contribution in [0.5, 0.6) is 0 Å². The first-order valence-electron chi connectivity index (χ1n) is 2.78. The average molecular weight is 243 g/mol. The van der Waals surface area contributed by atoms with Crippen molar-refractivity contribution < 1.29 is 51.4 Å². The molecule has 0 aliphatic heterocycles. The maximum Gasteiger partial charge on any atom is 0.300 e. The van der Waals surface area contributed by atoms with Crippen molar-refractivity contribution in [2.45, 2.75) is 20.8 Å². The molecule has 0 radical (unpaired) electrons. The molecule has 0 heterocycles. The van der Waals surface area contributed by atoms with Gasteiger partial charge in [0.1, 0.15) is 0 Å². The molecule has 0 amide bonds. The summed E-state index contributed by atoms with van der Waals surface area (Å²) in [6, 6.07) is 0. The molecule has 0 aromatic rings. The van der Waals surface area contributed by atoms with E-state index in [4.69, 9.17) is 29.7 Å². The van der Waals surface area contributed by atoms with Crippen LogP contribution < -0.4 is 0 Å². The van der Waals surface area contributed by atoms with Crippen molar-refractivity contribution in [1.29, 1.82) is 0 Å². The summed E-state index contributed by atoms with van der Waals surface area (Å²) in [5.41, 5.74) is 0. The van der Waals surface area contributed by atoms with Crippen molar-refractivity contribution in [2.75, 3.05) is 0 Å². The van der Waals surface area contributed by atoms with Crippen molar-refractivity contribution in [3.8, 4) is 0 Å². The van der Waals surface area contributed by atoms with Crippen LogP contribution >= 0.6 is 0 Å². The minimum atomic E-state index is -0.833. The van der Waals surface area contributed by atoms with Gasteiger partial charge in [0, 0.05) is 42.5 Å². The van der Waals surface area contributed by atoms with Crippen LogP contribution in [-0.2, 0) is 36.1 Å². The molecule has 14 heavy (non-hydrogen) atoms. The summed E-state index contributed by atoms with van der Waals surface area (Å²) in [4.78, 5) is 27.0. The van der Waals surface area contributed by atoms with Crippen molar-refractivity contribution in [3.05, 3.63) is 7.43 Å². The fraction of sp³-hybridized carbons (Fsp3) is 0.429. The zero-order valence-electron chi connectivity index (χ0n) is 8.57. The second-order valence-electron chi connectivity index (χ2n) is 1.56. The number of carboxylic acid groups (broad SMARTS) is 3. The molecule has 0 aromatic carbocycles. The summed E-state index contributed by atoms with van der Waals surface area (Å²) >= 11 is 0. The van der Waals surface area contributed by atoms with Gasteiger partial charge in [-0.25, -0.2) is 0 Å². The van der Waals surface area contributed by atoms with Gasteiger partial charge in [-0.05, 0) is 0 Å². The largest absolute Gasteiger partial charge is 0.481 e. The Balaban J connectivity index is -0.0000000270. The van der Waals surface area contributed by atoms with Crippen molar-refractivity contribution in [1.82, 2.24) is 0 Å². The van der Waals surface area contributed by atoms with E-state index in [9.17, 15) is 0 Å². The van der Waals surface area contributed by atoms with Gasteiger partial charge in [-0.1, -0.05) is 0 Å². The van der Waals surface area contributed by atoms with Crippen LogP contribution in [0.25, 0.3) is 0 Å². The molecule has 0 fully saturated rings. The molecule has 0 bridgehead atoms. The maximum atomic E-state index is 9.00. The molecule has 6 nitrogen and oxygen atoms in total. The van der Waals surface area contributed by atoms with E-state index in [1.54, 1.807) is 0 Å². The Morgan fingerprint density at radius 3 is 0.714 bits per heavy atom. The summed E-state index contributed by atoms with van der Waals surface area (Å²) < 4.78 is 0. The van der Waals surface area contributed by atoms with Gasteiger partial charge in [-0.3, -0.25) is 14.4 Å². The number of hydrogen-bond donors (Lipinski definition) is 3. The maximum absolute atomic E-state index is 9.00. The molecular weight excluding hydrogens is 228 g/mol. The second-order valence-corrected chi connectivity index (χ2v) is 1.56. The Kier molecular flexibility index (Phi) is 47.5. The average Bonchev–Trinajstić information content (AvgIpc) is 1.54. The fourth-order valence-corrected chi connectivity index (χ4v) is 0. The standard InChI is InChI=1S/3C2H4O2.CH3.Ti/c3*1-2(3)4;;/h3*1H3,(H,3,4);1H3;/q;;;-1;. The van der Waals surface area contributed by atoms with E-state index in [0.29, 0.717) is 0 Å². The van der Waals surface area contributed by atoms with Gasteiger partial charge >= 0.3 is 0 Å². The van der Waals surface area contributed by atoms with Gasteiger partial charge in [0.15, 0.2) is 0 Å². The predicted molar refractivity (Wildman–Crippen MR) is 46.3 cm³/mol. The summed E-state index contributed by atoms with van der Waals surface area (Å²) in [5.74, 6) is -2.50. The smallest absolute Gasteiger partial charge is 0.300 e. The Hall–Kier alpha value is -0.876. The van der Waals surface area contributed by atoms with Crippen LogP contribution in [0.2, 0.25) is 0 Å². The fourth-order valence-electron chi connectivity index (χ4n) is 0. The van der Waals surface area contributed by atoms with Crippen LogP contribution in [0, 0.1) is 7.43 Å². The topological polar surface area (TPSA) is 112 Å². The summed E-state index contributed by atoms with van der Waals surface area (Å²) in [6.07, 6.45) is 0. The Morgan fingerprint density at radius 1 is 0.714 bits per heavy atom. The molecule has 0 aliphatic rings. The molecule has 7 heteroatoms. The first-order valence-corrected chi connectivity index (χ1v) is 2.78. The predicted octanol–water partition coefficient (Wildman–Crippen LogP) is 0.720. The molecule has 84 valence electrons. The van der Waals surface area contributed by atoms with Crippen LogP contribution in [0.4, 0.5) is 0 Å². The summed E-state index contributed by atoms with van der Waals surface area (Å²) in [7, 11) is 0. The number of carboxylic acids is 3. The second kappa shape index (κ2) is 22.7. The molecule has 0 saturated carbocycles. The van der Waals surface area contributed by atoms with Gasteiger partial charge in [-0.2, -0.15) is 0 Å². The van der Waals surface area contributed by atoms with E-state index in [2.05, 4.69) is 0 Å². The number of aliphatic carboxylic acids is 3. The van der Waals surface area contributed by atoms with E-state index in [1.165, 1.54) is 0 Å². The first-order chi connectivity index (χ1) is 5.20. The van der Waals surface area contributed by atoms with Crippen LogP contribution in [0.3, 0.4) is 0 Å². The molecule has 0 aliphatic carbocycles. The number of rotatable bonds is 0. The van der Waals surface area contributed by atoms with E-state index in [-0.39, 0.29) is 29.1 Å². The van der Waals surface area contributed by atoms with Crippen molar-refractivity contribution >= 4 is 17.9 Å². The Bertz CT molecular complexity index is 116. The first kappa shape index (κ1) is 29.2. The third kappa shape index (κ3) is 1490. The van der Waals surface area contributed by atoms with E-state index in [0.717, 1.165) is 20.8 Å². The minimum Gasteiger partial charge on any atom is -0.481 e. The van der Waals surface area contributed by atoms with Crippen molar-refractivity contribution in [2.24, 2.45) is 0 Å². The third-order valence-electron chi connectivity index (χ3n) is 0. The molecule has 0 spiro atoms. The quantitative estimate of drug-likeness (QED) is 0.427. The molecular formula is C7H15O6Ti-. The van der Waals surface area contributed by atoms with Gasteiger partial charge in [0.25, 0.3) is 17.9 Å². The number of hydrogen-bond acceptors (Lipinski definition) is 3. The van der Waals surface area contributed by atoms with Crippen molar-refractivity contribution in [3.63, 3.8) is 0 Å². The summed E-state index contributed by atoms with van der Waals surface area (Å²) in [6.45, 7) is 3.25. The molecule has 3 N–H and O–H groups in total. The number of carbonyl (C=O) groups is 3. The monoisotopic (exact) mass is 243 g/mol. The van der Waals surface area contributed by atoms with Gasteiger partial charge in [0.05, 0.1) is 0 Å². The molecule has 0 aromatic heterocycles.